The number of likely N-dealkylation sites (tertiary alicyclic amines) is 1. The van der Waals surface area contributed by atoms with Gasteiger partial charge in [-0.15, -0.1) is 0 Å². The summed E-state index contributed by atoms with van der Waals surface area (Å²) in [6, 6.07) is 6.32. The number of ether oxygens (including phenoxy) is 1. The molecule has 1 aromatic heterocycles. The van der Waals surface area contributed by atoms with Gasteiger partial charge in [0.1, 0.15) is 18.1 Å². The maximum atomic E-state index is 5.95. The van der Waals surface area contributed by atoms with Gasteiger partial charge in [0.15, 0.2) is 5.96 Å². The Bertz CT molecular complexity index is 860. The van der Waals surface area contributed by atoms with E-state index in [1.165, 1.54) is 24.0 Å². The number of oxazole rings is 1. The van der Waals surface area contributed by atoms with Crippen molar-refractivity contribution in [2.45, 2.75) is 47.1 Å². The molecular weight excluding hydrogens is 402 g/mol. The molecule has 0 bridgehead atoms. The number of hydrogen-bond acceptors (Lipinski definition) is 5. The van der Waals surface area contributed by atoms with Crippen molar-refractivity contribution in [3.05, 3.63) is 46.7 Å². The summed E-state index contributed by atoms with van der Waals surface area (Å²) in [5.41, 5.74) is 3.44. The van der Waals surface area contributed by atoms with Crippen molar-refractivity contribution < 1.29 is 9.15 Å². The van der Waals surface area contributed by atoms with Crippen LogP contribution in [0.3, 0.4) is 0 Å². The molecular formula is C25H39N5O2. The van der Waals surface area contributed by atoms with Gasteiger partial charge >= 0.3 is 0 Å². The first-order chi connectivity index (χ1) is 15.3. The number of aliphatic imine (C=N–C) groups is 1. The van der Waals surface area contributed by atoms with Crippen LogP contribution in [0, 0.1) is 33.6 Å². The van der Waals surface area contributed by atoms with Gasteiger partial charge in [-0.2, -0.15) is 0 Å². The molecule has 176 valence electrons. The Balaban J connectivity index is 1.36. The van der Waals surface area contributed by atoms with Gasteiger partial charge in [0, 0.05) is 20.6 Å². The molecule has 2 heterocycles. The van der Waals surface area contributed by atoms with Crippen molar-refractivity contribution >= 4 is 5.96 Å². The lowest BCUT2D eigenvalue weighted by atomic mass is 9.97. The number of guanidine groups is 1. The van der Waals surface area contributed by atoms with Gasteiger partial charge < -0.3 is 19.4 Å². The molecule has 0 unspecified atom stereocenters. The zero-order valence-electron chi connectivity index (χ0n) is 20.6. The van der Waals surface area contributed by atoms with Gasteiger partial charge in [0.05, 0.1) is 18.8 Å². The van der Waals surface area contributed by atoms with Crippen LogP contribution in [-0.4, -0.2) is 67.6 Å². The maximum absolute atomic E-state index is 5.95. The lowest BCUT2D eigenvalue weighted by Gasteiger charge is -2.32. The minimum Gasteiger partial charge on any atom is -0.492 e. The molecule has 0 spiro atoms. The molecule has 0 radical (unpaired) electrons. The second-order valence-corrected chi connectivity index (χ2v) is 8.99. The Morgan fingerprint density at radius 1 is 1.19 bits per heavy atom. The Morgan fingerprint density at radius 3 is 2.47 bits per heavy atom. The number of aromatic nitrogens is 1. The van der Waals surface area contributed by atoms with Gasteiger partial charge in [0.25, 0.3) is 0 Å². The zero-order chi connectivity index (χ0) is 23.1. The fraction of sp³-hybridized carbons (Fsp3) is 0.600. The fourth-order valence-electron chi connectivity index (χ4n) is 4.19. The molecule has 7 nitrogen and oxygen atoms in total. The van der Waals surface area contributed by atoms with E-state index in [-0.39, 0.29) is 0 Å². The monoisotopic (exact) mass is 441 g/mol. The number of rotatable bonds is 8. The normalized spacial score (nSPS) is 15.8. The van der Waals surface area contributed by atoms with Crippen LogP contribution in [0.4, 0.5) is 0 Å². The number of hydrogen-bond donors (Lipinski definition) is 1. The van der Waals surface area contributed by atoms with Crippen molar-refractivity contribution in [3.8, 4) is 5.75 Å². The first-order valence-electron chi connectivity index (χ1n) is 11.6. The second-order valence-electron chi connectivity index (χ2n) is 8.99. The van der Waals surface area contributed by atoms with Crippen LogP contribution in [0.5, 0.6) is 5.75 Å². The maximum Gasteiger partial charge on any atom is 0.208 e. The topological polar surface area (TPSA) is 66.1 Å². The standard InChI is InChI=1S/C25H39N5O2/c1-18-13-19(2)15-23(14-18)31-12-11-29(6)25(26-5)27-16-22-7-9-30(10-8-22)17-24-28-20(3)21(4)32-24/h13-15,22H,7-12,16-17H2,1-6H3,(H,26,27). The highest BCUT2D eigenvalue weighted by molar-refractivity contribution is 5.79. The average molecular weight is 442 g/mol. The van der Waals surface area contributed by atoms with Gasteiger partial charge in [-0.1, -0.05) is 6.07 Å². The molecule has 0 saturated carbocycles. The zero-order valence-corrected chi connectivity index (χ0v) is 20.6. The fourth-order valence-corrected chi connectivity index (χ4v) is 4.19. The molecule has 32 heavy (non-hydrogen) atoms. The third-order valence-electron chi connectivity index (χ3n) is 6.15. The Morgan fingerprint density at radius 2 is 1.88 bits per heavy atom. The molecule has 7 heteroatoms. The van der Waals surface area contributed by atoms with Crippen LogP contribution in [0.25, 0.3) is 0 Å². The predicted molar refractivity (Wildman–Crippen MR) is 129 cm³/mol. The van der Waals surface area contributed by atoms with E-state index in [9.17, 15) is 0 Å². The molecule has 1 aliphatic heterocycles. The Kier molecular flexibility index (Phi) is 8.56. The van der Waals surface area contributed by atoms with E-state index in [0.29, 0.717) is 12.5 Å². The quantitative estimate of drug-likeness (QED) is 0.498. The van der Waals surface area contributed by atoms with Crippen molar-refractivity contribution in [1.82, 2.24) is 20.1 Å². The van der Waals surface area contributed by atoms with Crippen LogP contribution in [0.1, 0.15) is 41.3 Å². The highest BCUT2D eigenvalue weighted by Gasteiger charge is 2.21. The third kappa shape index (κ3) is 6.99. The van der Waals surface area contributed by atoms with Gasteiger partial charge in [-0.05, 0) is 82.8 Å². The summed E-state index contributed by atoms with van der Waals surface area (Å²) in [7, 11) is 3.90. The van der Waals surface area contributed by atoms with Crippen LogP contribution in [-0.2, 0) is 6.54 Å². The first kappa shape index (κ1) is 24.1. The van der Waals surface area contributed by atoms with Gasteiger partial charge in [-0.25, -0.2) is 4.98 Å². The van der Waals surface area contributed by atoms with E-state index in [0.717, 1.165) is 61.8 Å². The summed E-state index contributed by atoms with van der Waals surface area (Å²) >= 11 is 0. The minimum absolute atomic E-state index is 0.623. The number of nitrogens with one attached hydrogen (secondary N) is 1. The number of likely N-dealkylation sites (N-methyl/N-ethyl adjacent to an activating group) is 1. The van der Waals surface area contributed by atoms with E-state index < -0.39 is 0 Å². The highest BCUT2D eigenvalue weighted by atomic mass is 16.5. The molecule has 1 fully saturated rings. The van der Waals surface area contributed by atoms with E-state index in [4.69, 9.17) is 9.15 Å². The molecule has 0 amide bonds. The van der Waals surface area contributed by atoms with Crippen molar-refractivity contribution in [3.63, 3.8) is 0 Å². The summed E-state index contributed by atoms with van der Waals surface area (Å²) in [5, 5.41) is 3.55. The summed E-state index contributed by atoms with van der Waals surface area (Å²) in [4.78, 5) is 13.5. The number of benzene rings is 1. The van der Waals surface area contributed by atoms with Crippen molar-refractivity contribution in [2.24, 2.45) is 10.9 Å². The van der Waals surface area contributed by atoms with E-state index in [1.807, 2.05) is 20.9 Å². The van der Waals surface area contributed by atoms with Crippen LogP contribution in [0.2, 0.25) is 0 Å². The molecule has 1 aromatic carbocycles. The van der Waals surface area contributed by atoms with Gasteiger partial charge in [-0.3, -0.25) is 9.89 Å². The van der Waals surface area contributed by atoms with Crippen molar-refractivity contribution in [2.75, 3.05) is 46.9 Å². The summed E-state index contributed by atoms with van der Waals surface area (Å²) < 4.78 is 11.7. The predicted octanol–water partition coefficient (Wildman–Crippen LogP) is 3.71. The lowest BCUT2D eigenvalue weighted by molar-refractivity contribution is 0.163. The van der Waals surface area contributed by atoms with E-state index in [1.54, 1.807) is 0 Å². The summed E-state index contributed by atoms with van der Waals surface area (Å²) in [6.45, 7) is 13.5. The number of piperidine rings is 1. The Labute approximate surface area is 192 Å². The summed E-state index contributed by atoms with van der Waals surface area (Å²) in [5.74, 6) is 4.26. The molecule has 1 saturated heterocycles. The first-order valence-corrected chi connectivity index (χ1v) is 11.6. The van der Waals surface area contributed by atoms with E-state index in [2.05, 4.69) is 64.2 Å². The molecule has 0 atom stereocenters. The SMILES string of the molecule is CN=C(NCC1CCN(Cc2nc(C)c(C)o2)CC1)N(C)CCOc1cc(C)cc(C)c1. The molecule has 1 aliphatic rings. The highest BCUT2D eigenvalue weighted by Crippen LogP contribution is 2.19. The smallest absolute Gasteiger partial charge is 0.208 e. The minimum atomic E-state index is 0.623. The third-order valence-corrected chi connectivity index (χ3v) is 6.15. The number of nitrogens with zero attached hydrogens (tertiary/aromatic N) is 4. The van der Waals surface area contributed by atoms with Gasteiger partial charge in [0.2, 0.25) is 5.89 Å². The van der Waals surface area contributed by atoms with Crippen LogP contribution >= 0.6 is 0 Å². The van der Waals surface area contributed by atoms with Crippen LogP contribution < -0.4 is 10.1 Å². The molecule has 1 N–H and O–H groups in total. The van der Waals surface area contributed by atoms with Crippen molar-refractivity contribution in [1.29, 1.82) is 0 Å². The molecule has 0 aliphatic carbocycles. The second kappa shape index (κ2) is 11.4. The Hall–Kier alpha value is -2.54. The van der Waals surface area contributed by atoms with E-state index >= 15 is 0 Å². The average Bonchev–Trinajstić information content (AvgIpc) is 3.05. The number of aryl methyl sites for hydroxylation is 4. The van der Waals surface area contributed by atoms with Crippen LogP contribution in [0.15, 0.2) is 27.6 Å². The molecule has 2 aromatic rings. The lowest BCUT2D eigenvalue weighted by Crippen LogP contribution is -2.44. The summed E-state index contributed by atoms with van der Waals surface area (Å²) in [6.07, 6.45) is 2.34. The largest absolute Gasteiger partial charge is 0.492 e. The molecule has 3 rings (SSSR count).